The highest BCUT2D eigenvalue weighted by atomic mass is 16.4. The average Bonchev–Trinajstić information content (AvgIpc) is 1.84. The zero-order chi connectivity index (χ0) is 8.10. The Kier molecular flexibility index (Phi) is 5.72. The van der Waals surface area contributed by atoms with Crippen molar-refractivity contribution in [3.05, 3.63) is 0 Å². The van der Waals surface area contributed by atoms with E-state index >= 15 is 0 Å². The van der Waals surface area contributed by atoms with E-state index in [4.69, 9.17) is 5.11 Å². The van der Waals surface area contributed by atoms with E-state index in [1.54, 1.807) is 0 Å². The summed E-state index contributed by atoms with van der Waals surface area (Å²) in [6, 6.07) is 0. The van der Waals surface area contributed by atoms with Gasteiger partial charge in [0.2, 0.25) is 0 Å². The molecular weight excluding hydrogens is 156 g/mol. The van der Waals surface area contributed by atoms with Crippen LogP contribution < -0.4 is 0 Å². The highest BCUT2D eigenvalue weighted by Gasteiger charge is 2.17. The summed E-state index contributed by atoms with van der Waals surface area (Å²) < 4.78 is 0. The van der Waals surface area contributed by atoms with Crippen molar-refractivity contribution >= 4 is 5.97 Å². The van der Waals surface area contributed by atoms with Gasteiger partial charge < -0.3 is 10.6 Å². The standard InChI is InChI=1S/C9H16O2.H2O/c10-9(11)8-6-4-2-1-3-5-7-8;/h8H,1-7H2,(H,10,11);1H2. The lowest BCUT2D eigenvalue weighted by Gasteiger charge is -2.14. The third kappa shape index (κ3) is 3.72. The van der Waals surface area contributed by atoms with Gasteiger partial charge in [-0.3, -0.25) is 4.79 Å². The molecule has 0 aromatic rings. The Morgan fingerprint density at radius 1 is 1.00 bits per heavy atom. The molecule has 3 nitrogen and oxygen atoms in total. The fourth-order valence-corrected chi connectivity index (χ4v) is 1.70. The fraction of sp³-hybridized carbons (Fsp3) is 0.889. The van der Waals surface area contributed by atoms with Gasteiger partial charge in [-0.1, -0.05) is 32.1 Å². The molecule has 1 aliphatic rings. The van der Waals surface area contributed by atoms with Gasteiger partial charge in [0.1, 0.15) is 0 Å². The molecule has 12 heavy (non-hydrogen) atoms. The van der Waals surface area contributed by atoms with Crippen LogP contribution in [-0.2, 0) is 4.79 Å². The van der Waals surface area contributed by atoms with Gasteiger partial charge in [0, 0.05) is 0 Å². The first-order chi connectivity index (χ1) is 5.30. The Labute approximate surface area is 73.1 Å². The first-order valence-corrected chi connectivity index (χ1v) is 4.53. The van der Waals surface area contributed by atoms with Gasteiger partial charge in [-0.05, 0) is 12.8 Å². The zero-order valence-electron chi connectivity index (χ0n) is 7.38. The molecule has 1 fully saturated rings. The number of hydrogen-bond donors (Lipinski definition) is 1. The van der Waals surface area contributed by atoms with Crippen LogP contribution in [0.4, 0.5) is 0 Å². The third-order valence-corrected chi connectivity index (χ3v) is 2.45. The second-order valence-electron chi connectivity index (χ2n) is 3.38. The summed E-state index contributed by atoms with van der Waals surface area (Å²) >= 11 is 0. The molecule has 72 valence electrons. The molecule has 3 heteroatoms. The Morgan fingerprint density at radius 3 is 1.83 bits per heavy atom. The van der Waals surface area contributed by atoms with E-state index in [2.05, 4.69) is 0 Å². The summed E-state index contributed by atoms with van der Waals surface area (Å²) in [5.41, 5.74) is 0. The largest absolute Gasteiger partial charge is 0.481 e. The first kappa shape index (κ1) is 11.4. The van der Waals surface area contributed by atoms with Crippen LogP contribution in [0.2, 0.25) is 0 Å². The van der Waals surface area contributed by atoms with Gasteiger partial charge >= 0.3 is 5.97 Å². The molecule has 1 aliphatic carbocycles. The van der Waals surface area contributed by atoms with E-state index < -0.39 is 5.97 Å². The van der Waals surface area contributed by atoms with E-state index in [0.29, 0.717) is 0 Å². The zero-order valence-corrected chi connectivity index (χ0v) is 7.38. The maximum atomic E-state index is 10.6. The predicted octanol–water partition coefficient (Wildman–Crippen LogP) is 1.61. The number of carboxylic acid groups (broad SMARTS) is 1. The number of rotatable bonds is 1. The van der Waals surface area contributed by atoms with E-state index in [1.165, 1.54) is 19.3 Å². The van der Waals surface area contributed by atoms with Crippen LogP contribution >= 0.6 is 0 Å². The molecule has 0 aromatic carbocycles. The highest BCUT2D eigenvalue weighted by molar-refractivity contribution is 5.69. The topological polar surface area (TPSA) is 68.8 Å². The first-order valence-electron chi connectivity index (χ1n) is 4.53. The molecule has 1 saturated carbocycles. The van der Waals surface area contributed by atoms with Crippen molar-refractivity contribution in [3.8, 4) is 0 Å². The van der Waals surface area contributed by atoms with E-state index in [1.807, 2.05) is 0 Å². The summed E-state index contributed by atoms with van der Waals surface area (Å²) in [7, 11) is 0. The minimum absolute atomic E-state index is 0. The smallest absolute Gasteiger partial charge is 0.306 e. The molecule has 1 rings (SSSR count). The van der Waals surface area contributed by atoms with Crippen molar-refractivity contribution in [2.75, 3.05) is 0 Å². The minimum atomic E-state index is -0.591. The lowest BCUT2D eigenvalue weighted by atomic mass is 9.91. The van der Waals surface area contributed by atoms with Crippen LogP contribution in [0.1, 0.15) is 44.9 Å². The van der Waals surface area contributed by atoms with Crippen LogP contribution in [0.15, 0.2) is 0 Å². The number of aliphatic carboxylic acids is 1. The van der Waals surface area contributed by atoms with Crippen molar-refractivity contribution in [3.63, 3.8) is 0 Å². The molecule has 0 aromatic heterocycles. The number of carbonyl (C=O) groups is 1. The molecule has 0 spiro atoms. The molecule has 0 saturated heterocycles. The molecule has 0 unspecified atom stereocenters. The predicted molar refractivity (Wildman–Crippen MR) is 47.1 cm³/mol. The number of hydrogen-bond acceptors (Lipinski definition) is 1. The Bertz CT molecular complexity index is 126. The van der Waals surface area contributed by atoms with Crippen molar-refractivity contribution < 1.29 is 15.4 Å². The van der Waals surface area contributed by atoms with Gasteiger partial charge in [0.05, 0.1) is 5.92 Å². The minimum Gasteiger partial charge on any atom is -0.481 e. The van der Waals surface area contributed by atoms with Gasteiger partial charge in [-0.2, -0.15) is 0 Å². The Hall–Kier alpha value is -0.570. The lowest BCUT2D eigenvalue weighted by Crippen LogP contribution is -2.14. The van der Waals surface area contributed by atoms with Gasteiger partial charge in [0.25, 0.3) is 0 Å². The maximum Gasteiger partial charge on any atom is 0.306 e. The highest BCUT2D eigenvalue weighted by Crippen LogP contribution is 2.21. The Morgan fingerprint density at radius 2 is 1.42 bits per heavy atom. The summed E-state index contributed by atoms with van der Waals surface area (Å²) in [6.45, 7) is 0. The van der Waals surface area contributed by atoms with Crippen molar-refractivity contribution in [1.82, 2.24) is 0 Å². The summed E-state index contributed by atoms with van der Waals surface area (Å²) in [5.74, 6) is -0.637. The monoisotopic (exact) mass is 174 g/mol. The van der Waals surface area contributed by atoms with Crippen LogP contribution in [0, 0.1) is 5.92 Å². The molecule has 0 heterocycles. The summed E-state index contributed by atoms with van der Waals surface area (Å²) in [5, 5.41) is 8.76. The molecule has 3 N–H and O–H groups in total. The second kappa shape index (κ2) is 6.00. The van der Waals surface area contributed by atoms with Gasteiger partial charge in [0.15, 0.2) is 0 Å². The fourth-order valence-electron chi connectivity index (χ4n) is 1.70. The number of carboxylic acids is 1. The molecule has 0 aliphatic heterocycles. The normalized spacial score (nSPS) is 20.3. The lowest BCUT2D eigenvalue weighted by molar-refractivity contribution is -0.142. The molecule has 0 radical (unpaired) electrons. The van der Waals surface area contributed by atoms with Crippen molar-refractivity contribution in [1.29, 1.82) is 0 Å². The Balaban J connectivity index is 0.00000121. The average molecular weight is 174 g/mol. The van der Waals surface area contributed by atoms with Gasteiger partial charge in [-0.25, -0.2) is 0 Å². The van der Waals surface area contributed by atoms with Gasteiger partial charge in [-0.15, -0.1) is 0 Å². The summed E-state index contributed by atoms with van der Waals surface area (Å²) in [6.07, 6.45) is 7.76. The van der Waals surface area contributed by atoms with Crippen LogP contribution in [0.5, 0.6) is 0 Å². The molecule has 0 bridgehead atoms. The van der Waals surface area contributed by atoms with E-state index in [-0.39, 0.29) is 11.4 Å². The molecular formula is C9H18O3. The molecule has 0 atom stereocenters. The maximum absolute atomic E-state index is 10.6. The van der Waals surface area contributed by atoms with Crippen molar-refractivity contribution in [2.45, 2.75) is 44.9 Å². The van der Waals surface area contributed by atoms with Crippen molar-refractivity contribution in [2.24, 2.45) is 5.92 Å². The van der Waals surface area contributed by atoms with Crippen LogP contribution in [0.25, 0.3) is 0 Å². The third-order valence-electron chi connectivity index (χ3n) is 2.45. The van der Waals surface area contributed by atoms with E-state index in [0.717, 1.165) is 25.7 Å². The van der Waals surface area contributed by atoms with Crippen LogP contribution in [0.3, 0.4) is 0 Å². The molecule has 0 amide bonds. The van der Waals surface area contributed by atoms with E-state index in [9.17, 15) is 4.79 Å². The van der Waals surface area contributed by atoms with Crippen LogP contribution in [-0.4, -0.2) is 16.6 Å². The SMILES string of the molecule is O.O=C(O)C1CCCCCCC1. The second-order valence-corrected chi connectivity index (χ2v) is 3.38. The summed E-state index contributed by atoms with van der Waals surface area (Å²) in [4.78, 5) is 10.6. The quantitative estimate of drug-likeness (QED) is 0.656.